The van der Waals surface area contributed by atoms with E-state index in [1.165, 1.54) is 12.8 Å². The summed E-state index contributed by atoms with van der Waals surface area (Å²) in [5, 5.41) is 3.35. The maximum Gasteiger partial charge on any atom is 0.242 e. The Hall–Kier alpha value is -0.850. The fourth-order valence-corrected chi connectivity index (χ4v) is 3.34. The predicted octanol–water partition coefficient (Wildman–Crippen LogP) is 1.73. The Bertz CT molecular complexity index is 506. The molecule has 0 radical (unpaired) electrons. The van der Waals surface area contributed by atoms with Crippen molar-refractivity contribution in [2.24, 2.45) is 0 Å². The molecule has 3 N–H and O–H groups in total. The highest BCUT2D eigenvalue weighted by Crippen LogP contribution is 2.19. The summed E-state index contributed by atoms with van der Waals surface area (Å²) in [5.41, 5.74) is 0.912. The van der Waals surface area contributed by atoms with Gasteiger partial charge in [0.2, 0.25) is 10.0 Å². The van der Waals surface area contributed by atoms with Crippen molar-refractivity contribution in [3.8, 4) is 0 Å². The second-order valence-electron chi connectivity index (χ2n) is 5.33. The first kappa shape index (κ1) is 14.6. The molecule has 2 rings (SSSR count). The van der Waals surface area contributed by atoms with E-state index in [9.17, 15) is 8.42 Å². The maximum atomic E-state index is 12.1. The first-order valence-corrected chi connectivity index (χ1v) is 8.42. The molecule has 1 unspecified atom stereocenters. The molecule has 6 heteroatoms. The summed E-state index contributed by atoms with van der Waals surface area (Å²) in [4.78, 5) is 3.34. The van der Waals surface area contributed by atoms with Crippen LogP contribution in [0.25, 0.3) is 0 Å². The summed E-state index contributed by atoms with van der Waals surface area (Å²) in [6.45, 7) is 4.64. The average molecular weight is 285 g/mol. The van der Waals surface area contributed by atoms with Gasteiger partial charge in [0.15, 0.2) is 0 Å². The first-order chi connectivity index (χ1) is 9.01. The quantitative estimate of drug-likeness (QED) is 0.681. The van der Waals surface area contributed by atoms with Crippen molar-refractivity contribution in [2.45, 2.75) is 63.1 Å². The van der Waals surface area contributed by atoms with Gasteiger partial charge in [0.1, 0.15) is 0 Å². The van der Waals surface area contributed by atoms with Crippen molar-refractivity contribution >= 4 is 10.0 Å². The third kappa shape index (κ3) is 4.33. The van der Waals surface area contributed by atoms with E-state index in [2.05, 4.69) is 15.0 Å². The van der Waals surface area contributed by atoms with Crippen LogP contribution in [0.3, 0.4) is 0 Å². The van der Waals surface area contributed by atoms with Crippen LogP contribution >= 0.6 is 0 Å². The molecule has 1 aromatic rings. The molecule has 0 aliphatic heterocycles. The molecule has 5 nitrogen and oxygen atoms in total. The second-order valence-corrected chi connectivity index (χ2v) is 7.04. The Kier molecular flexibility index (Phi) is 4.65. The Morgan fingerprint density at radius 1 is 1.47 bits per heavy atom. The molecule has 1 aromatic heterocycles. The third-order valence-electron chi connectivity index (χ3n) is 3.26. The van der Waals surface area contributed by atoms with Gasteiger partial charge < -0.3 is 10.3 Å². The van der Waals surface area contributed by atoms with Crippen molar-refractivity contribution in [2.75, 3.05) is 0 Å². The summed E-state index contributed by atoms with van der Waals surface area (Å²) in [6, 6.07) is 2.29. The minimum absolute atomic E-state index is 0.0297. The summed E-state index contributed by atoms with van der Waals surface area (Å²) in [7, 11) is -3.39. The monoisotopic (exact) mass is 285 g/mol. The SMILES string of the molecule is CCCC(C)NS(=O)(=O)c1c[nH]c(CNC2CC2)c1. The van der Waals surface area contributed by atoms with Gasteiger partial charge in [-0.15, -0.1) is 0 Å². The molecule has 0 bridgehead atoms. The molecule has 19 heavy (non-hydrogen) atoms. The minimum atomic E-state index is -3.39. The topological polar surface area (TPSA) is 74.0 Å². The number of aromatic nitrogens is 1. The zero-order chi connectivity index (χ0) is 13.9. The van der Waals surface area contributed by atoms with Crippen LogP contribution in [0.15, 0.2) is 17.2 Å². The van der Waals surface area contributed by atoms with E-state index in [0.717, 1.165) is 18.5 Å². The number of sulfonamides is 1. The van der Waals surface area contributed by atoms with Crippen molar-refractivity contribution in [1.82, 2.24) is 15.0 Å². The Balaban J connectivity index is 1.95. The molecule has 1 atom stereocenters. The lowest BCUT2D eigenvalue weighted by atomic mass is 10.2. The number of aromatic amines is 1. The van der Waals surface area contributed by atoms with Gasteiger partial charge in [0.25, 0.3) is 0 Å². The van der Waals surface area contributed by atoms with E-state index < -0.39 is 10.0 Å². The molecule has 1 aliphatic rings. The lowest BCUT2D eigenvalue weighted by molar-refractivity contribution is 0.544. The second kappa shape index (κ2) is 6.07. The maximum absolute atomic E-state index is 12.1. The van der Waals surface area contributed by atoms with Crippen LogP contribution in [0.1, 0.15) is 45.2 Å². The molecular weight excluding hydrogens is 262 g/mol. The van der Waals surface area contributed by atoms with E-state index in [1.807, 2.05) is 13.8 Å². The highest BCUT2D eigenvalue weighted by atomic mass is 32.2. The standard InChI is InChI=1S/C13H23N3O2S/c1-3-4-10(2)16-19(17,18)13-7-12(15-9-13)8-14-11-5-6-11/h7,9-11,14-16H,3-6,8H2,1-2H3. The van der Waals surface area contributed by atoms with Crippen LogP contribution < -0.4 is 10.0 Å². The normalized spacial score (nSPS) is 17.6. The van der Waals surface area contributed by atoms with Crippen LogP contribution in [-0.2, 0) is 16.6 Å². The zero-order valence-corrected chi connectivity index (χ0v) is 12.4. The largest absolute Gasteiger partial charge is 0.363 e. The Labute approximate surface area is 115 Å². The molecule has 108 valence electrons. The van der Waals surface area contributed by atoms with Gasteiger partial charge in [-0.1, -0.05) is 13.3 Å². The zero-order valence-electron chi connectivity index (χ0n) is 11.6. The Morgan fingerprint density at radius 2 is 2.21 bits per heavy atom. The highest BCUT2D eigenvalue weighted by molar-refractivity contribution is 7.89. The van der Waals surface area contributed by atoms with Crippen molar-refractivity contribution in [3.63, 3.8) is 0 Å². The molecular formula is C13H23N3O2S. The van der Waals surface area contributed by atoms with Crippen molar-refractivity contribution in [3.05, 3.63) is 18.0 Å². The van der Waals surface area contributed by atoms with Gasteiger partial charge in [-0.2, -0.15) is 0 Å². The molecule has 1 heterocycles. The molecule has 0 amide bonds. The number of rotatable bonds is 8. The number of hydrogen-bond acceptors (Lipinski definition) is 3. The molecule has 0 saturated heterocycles. The predicted molar refractivity (Wildman–Crippen MR) is 75.3 cm³/mol. The van der Waals surface area contributed by atoms with E-state index in [4.69, 9.17) is 0 Å². The van der Waals surface area contributed by atoms with Gasteiger partial charge in [-0.05, 0) is 32.3 Å². The van der Waals surface area contributed by atoms with Gasteiger partial charge in [-0.3, -0.25) is 0 Å². The van der Waals surface area contributed by atoms with Crippen LogP contribution in [0.5, 0.6) is 0 Å². The highest BCUT2D eigenvalue weighted by Gasteiger charge is 2.21. The molecule has 0 spiro atoms. The Morgan fingerprint density at radius 3 is 2.84 bits per heavy atom. The fourth-order valence-electron chi connectivity index (χ4n) is 2.04. The summed E-state index contributed by atoms with van der Waals surface area (Å²) < 4.78 is 27.0. The van der Waals surface area contributed by atoms with Gasteiger partial charge in [0.05, 0.1) is 4.90 Å². The van der Waals surface area contributed by atoms with E-state index >= 15 is 0 Å². The van der Waals surface area contributed by atoms with Crippen LogP contribution in [-0.4, -0.2) is 25.5 Å². The van der Waals surface area contributed by atoms with E-state index in [1.54, 1.807) is 12.3 Å². The fraction of sp³-hybridized carbons (Fsp3) is 0.692. The average Bonchev–Trinajstić information content (AvgIpc) is 3.02. The van der Waals surface area contributed by atoms with E-state index in [0.29, 0.717) is 17.5 Å². The number of H-pyrrole nitrogens is 1. The van der Waals surface area contributed by atoms with Crippen LogP contribution in [0.4, 0.5) is 0 Å². The van der Waals surface area contributed by atoms with Crippen LogP contribution in [0, 0.1) is 0 Å². The summed E-state index contributed by atoms with van der Waals surface area (Å²) in [6.07, 6.45) is 5.82. The van der Waals surface area contributed by atoms with Gasteiger partial charge >= 0.3 is 0 Å². The number of nitrogens with one attached hydrogen (secondary N) is 3. The smallest absolute Gasteiger partial charge is 0.242 e. The van der Waals surface area contributed by atoms with Crippen molar-refractivity contribution < 1.29 is 8.42 Å². The third-order valence-corrected chi connectivity index (χ3v) is 4.83. The molecule has 1 saturated carbocycles. The molecule has 0 aromatic carbocycles. The van der Waals surface area contributed by atoms with Gasteiger partial charge in [-0.25, -0.2) is 13.1 Å². The summed E-state index contributed by atoms with van der Waals surface area (Å²) in [5.74, 6) is 0. The lowest BCUT2D eigenvalue weighted by Crippen LogP contribution is -2.32. The summed E-state index contributed by atoms with van der Waals surface area (Å²) >= 11 is 0. The first-order valence-electron chi connectivity index (χ1n) is 6.94. The molecule has 1 fully saturated rings. The minimum Gasteiger partial charge on any atom is -0.363 e. The van der Waals surface area contributed by atoms with Crippen LogP contribution in [0.2, 0.25) is 0 Å². The number of hydrogen-bond donors (Lipinski definition) is 3. The van der Waals surface area contributed by atoms with Crippen molar-refractivity contribution in [1.29, 1.82) is 0 Å². The van der Waals surface area contributed by atoms with E-state index in [-0.39, 0.29) is 6.04 Å². The molecule has 1 aliphatic carbocycles. The lowest BCUT2D eigenvalue weighted by Gasteiger charge is -2.11. The van der Waals surface area contributed by atoms with Gasteiger partial charge in [0, 0.05) is 30.5 Å².